The van der Waals surface area contributed by atoms with E-state index in [0.717, 1.165) is 35.1 Å². The second-order valence-corrected chi connectivity index (χ2v) is 6.40. The molecule has 0 heterocycles. The van der Waals surface area contributed by atoms with E-state index < -0.39 is 0 Å². The van der Waals surface area contributed by atoms with Crippen LogP contribution in [-0.4, -0.2) is 19.6 Å². The predicted molar refractivity (Wildman–Crippen MR) is 101 cm³/mol. The van der Waals surface area contributed by atoms with Crippen molar-refractivity contribution in [2.24, 2.45) is 0 Å². The van der Waals surface area contributed by atoms with Gasteiger partial charge in [0.05, 0.1) is 13.0 Å². The van der Waals surface area contributed by atoms with Crippen LogP contribution in [0.5, 0.6) is 5.75 Å². The van der Waals surface area contributed by atoms with Crippen LogP contribution in [0.4, 0.5) is 0 Å². The summed E-state index contributed by atoms with van der Waals surface area (Å²) in [5, 5.41) is 5.32. The lowest BCUT2D eigenvalue weighted by Gasteiger charge is -2.13. The van der Waals surface area contributed by atoms with E-state index in [2.05, 4.69) is 24.4 Å². The number of rotatable bonds is 9. The average Bonchev–Trinajstić information content (AvgIpc) is 2.62. The van der Waals surface area contributed by atoms with Crippen LogP contribution in [0, 0.1) is 0 Å². The lowest BCUT2D eigenvalue weighted by Crippen LogP contribution is -2.28. The minimum Gasteiger partial charge on any atom is -0.497 e. The first-order chi connectivity index (χ1) is 11.7. The average molecular weight is 327 g/mol. The molecule has 0 saturated heterocycles. The summed E-state index contributed by atoms with van der Waals surface area (Å²) in [4.78, 5) is 12.3. The molecule has 0 spiro atoms. The fraction of sp³-hybridized carbons (Fsp3) is 0.476. The van der Waals surface area contributed by atoms with E-state index in [0.29, 0.717) is 0 Å². The first kappa shape index (κ1) is 18.3. The van der Waals surface area contributed by atoms with E-state index in [1.807, 2.05) is 31.2 Å². The molecule has 2 aromatic rings. The van der Waals surface area contributed by atoms with Crippen LogP contribution in [0.2, 0.25) is 0 Å². The van der Waals surface area contributed by atoms with Gasteiger partial charge in [-0.25, -0.2) is 0 Å². The highest BCUT2D eigenvalue weighted by Gasteiger charge is 2.15. The zero-order valence-corrected chi connectivity index (χ0v) is 15.1. The molecule has 3 nitrogen and oxygen atoms in total. The van der Waals surface area contributed by atoms with Crippen molar-refractivity contribution in [1.82, 2.24) is 5.32 Å². The lowest BCUT2D eigenvalue weighted by molar-refractivity contribution is -0.122. The molecule has 2 aromatic carbocycles. The van der Waals surface area contributed by atoms with Gasteiger partial charge in [-0.05, 0) is 41.8 Å². The summed E-state index contributed by atoms with van der Waals surface area (Å²) < 4.78 is 5.25. The largest absolute Gasteiger partial charge is 0.497 e. The molecule has 0 aliphatic heterocycles. The van der Waals surface area contributed by atoms with Crippen molar-refractivity contribution in [3.05, 3.63) is 42.0 Å². The minimum atomic E-state index is -0.132. The van der Waals surface area contributed by atoms with Gasteiger partial charge in [0.2, 0.25) is 5.91 Å². The molecule has 3 heteroatoms. The minimum absolute atomic E-state index is 0.110. The van der Waals surface area contributed by atoms with Gasteiger partial charge in [-0.2, -0.15) is 0 Å². The molecule has 0 aliphatic rings. The molecule has 0 fully saturated rings. The zero-order valence-electron chi connectivity index (χ0n) is 15.1. The molecule has 0 saturated carbocycles. The van der Waals surface area contributed by atoms with Crippen molar-refractivity contribution in [3.63, 3.8) is 0 Å². The summed E-state index contributed by atoms with van der Waals surface area (Å²) in [7, 11) is 1.67. The maximum absolute atomic E-state index is 12.3. The van der Waals surface area contributed by atoms with Crippen molar-refractivity contribution >= 4 is 16.7 Å². The molecule has 0 aromatic heterocycles. The fourth-order valence-electron chi connectivity index (χ4n) is 2.88. The van der Waals surface area contributed by atoms with E-state index in [4.69, 9.17) is 4.74 Å². The van der Waals surface area contributed by atoms with Crippen molar-refractivity contribution in [1.29, 1.82) is 0 Å². The lowest BCUT2D eigenvalue weighted by atomic mass is 9.97. The van der Waals surface area contributed by atoms with E-state index >= 15 is 0 Å². The van der Waals surface area contributed by atoms with E-state index in [1.54, 1.807) is 7.11 Å². The summed E-state index contributed by atoms with van der Waals surface area (Å²) in [6.07, 6.45) is 6.05. The topological polar surface area (TPSA) is 38.3 Å². The molecule has 1 atom stereocenters. The summed E-state index contributed by atoms with van der Waals surface area (Å²) >= 11 is 0. The quantitative estimate of drug-likeness (QED) is 0.655. The Kier molecular flexibility index (Phi) is 7.10. The fourth-order valence-corrected chi connectivity index (χ4v) is 2.88. The number of carbonyl (C=O) groups excluding carboxylic acids is 1. The Labute approximate surface area is 145 Å². The highest BCUT2D eigenvalue weighted by Crippen LogP contribution is 2.25. The molecule has 0 radical (unpaired) electrons. The van der Waals surface area contributed by atoms with Gasteiger partial charge >= 0.3 is 0 Å². The summed E-state index contributed by atoms with van der Waals surface area (Å²) in [6, 6.07) is 12.2. The summed E-state index contributed by atoms with van der Waals surface area (Å²) in [5.74, 6) is 0.828. The molecule has 24 heavy (non-hydrogen) atoms. The van der Waals surface area contributed by atoms with Gasteiger partial charge in [-0.15, -0.1) is 0 Å². The molecular weight excluding hydrogens is 298 g/mol. The zero-order chi connectivity index (χ0) is 17.4. The maximum atomic E-state index is 12.3. The highest BCUT2D eigenvalue weighted by atomic mass is 16.5. The Morgan fingerprint density at radius 1 is 1.04 bits per heavy atom. The predicted octanol–water partition coefficient (Wildman–Crippen LogP) is 5.04. The second-order valence-electron chi connectivity index (χ2n) is 6.40. The smallest absolute Gasteiger partial charge is 0.227 e. The Balaban J connectivity index is 1.92. The van der Waals surface area contributed by atoms with Crippen LogP contribution in [-0.2, 0) is 4.79 Å². The molecular formula is C21H29NO2. The molecule has 1 amide bonds. The van der Waals surface area contributed by atoms with Crippen LogP contribution in [0.1, 0.15) is 57.4 Å². The number of unbranched alkanes of at least 4 members (excludes halogenated alkanes) is 4. The number of hydrogen-bond donors (Lipinski definition) is 1. The number of methoxy groups -OCH3 is 1. The molecule has 0 aliphatic carbocycles. The third kappa shape index (κ3) is 4.98. The number of fused-ring (bicyclic) bond motifs is 1. The Bertz CT molecular complexity index is 666. The SMILES string of the molecule is CCCCCCCNC(=O)[C@@H](C)c1ccc2cc(OC)ccc2c1. The highest BCUT2D eigenvalue weighted by molar-refractivity contribution is 5.88. The number of ether oxygens (including phenoxy) is 1. The second kappa shape index (κ2) is 9.31. The summed E-state index contributed by atoms with van der Waals surface area (Å²) in [6.45, 7) is 4.96. The van der Waals surface area contributed by atoms with Gasteiger partial charge in [0, 0.05) is 6.54 Å². The summed E-state index contributed by atoms with van der Waals surface area (Å²) in [5.41, 5.74) is 1.05. The van der Waals surface area contributed by atoms with Gasteiger partial charge in [0.25, 0.3) is 0 Å². The first-order valence-electron chi connectivity index (χ1n) is 9.01. The van der Waals surface area contributed by atoms with Crippen molar-refractivity contribution < 1.29 is 9.53 Å². The van der Waals surface area contributed by atoms with Crippen LogP contribution in [0.15, 0.2) is 36.4 Å². The third-order valence-corrected chi connectivity index (χ3v) is 4.54. The number of carbonyl (C=O) groups is 1. The Morgan fingerprint density at radius 2 is 1.75 bits per heavy atom. The molecule has 1 N–H and O–H groups in total. The number of benzene rings is 2. The van der Waals surface area contributed by atoms with Crippen molar-refractivity contribution in [2.45, 2.75) is 51.9 Å². The van der Waals surface area contributed by atoms with Gasteiger partial charge in [0.15, 0.2) is 0 Å². The van der Waals surface area contributed by atoms with E-state index in [9.17, 15) is 4.79 Å². The number of nitrogens with one attached hydrogen (secondary N) is 1. The van der Waals surface area contributed by atoms with Crippen LogP contribution < -0.4 is 10.1 Å². The van der Waals surface area contributed by atoms with Crippen molar-refractivity contribution in [2.75, 3.05) is 13.7 Å². The van der Waals surface area contributed by atoms with Gasteiger partial charge in [0.1, 0.15) is 5.75 Å². The van der Waals surface area contributed by atoms with Crippen molar-refractivity contribution in [3.8, 4) is 5.75 Å². The molecule has 2 rings (SSSR count). The molecule has 0 unspecified atom stereocenters. The standard InChI is InChI=1S/C21H29NO2/c1-4-5-6-7-8-13-22-21(23)16(2)17-9-10-19-15-20(24-3)12-11-18(19)14-17/h9-12,14-16H,4-8,13H2,1-3H3,(H,22,23)/t16-/m0/s1. The normalized spacial score (nSPS) is 12.1. The van der Waals surface area contributed by atoms with Crippen LogP contribution in [0.25, 0.3) is 10.8 Å². The first-order valence-corrected chi connectivity index (χ1v) is 9.01. The van der Waals surface area contributed by atoms with Crippen LogP contribution in [0.3, 0.4) is 0 Å². The number of amides is 1. The monoisotopic (exact) mass is 327 g/mol. The third-order valence-electron chi connectivity index (χ3n) is 4.54. The van der Waals surface area contributed by atoms with Gasteiger partial charge < -0.3 is 10.1 Å². The van der Waals surface area contributed by atoms with Gasteiger partial charge in [-0.3, -0.25) is 4.79 Å². The molecule has 0 bridgehead atoms. The Morgan fingerprint density at radius 3 is 2.50 bits per heavy atom. The van der Waals surface area contributed by atoms with Crippen LogP contribution >= 0.6 is 0 Å². The maximum Gasteiger partial charge on any atom is 0.227 e. The Hall–Kier alpha value is -2.03. The van der Waals surface area contributed by atoms with E-state index in [1.165, 1.54) is 25.7 Å². The van der Waals surface area contributed by atoms with Gasteiger partial charge in [-0.1, -0.05) is 56.9 Å². The number of hydrogen-bond acceptors (Lipinski definition) is 2. The molecule has 130 valence electrons. The van der Waals surface area contributed by atoms with E-state index in [-0.39, 0.29) is 11.8 Å².